The van der Waals surface area contributed by atoms with Crippen LogP contribution in [0.15, 0.2) is 36.4 Å². The number of anilines is 1. The Morgan fingerprint density at radius 1 is 1.08 bits per heavy atom. The van der Waals surface area contributed by atoms with Gasteiger partial charge >= 0.3 is 0 Å². The molecule has 4 heteroatoms. The molecule has 2 aromatic carbocycles. The van der Waals surface area contributed by atoms with Crippen molar-refractivity contribution in [2.24, 2.45) is 0 Å². The molecule has 0 aliphatic carbocycles. The van der Waals surface area contributed by atoms with Gasteiger partial charge in [0.1, 0.15) is 5.75 Å². The number of rotatable bonds is 6. The van der Waals surface area contributed by atoms with Gasteiger partial charge in [0.15, 0.2) is 0 Å². The highest BCUT2D eigenvalue weighted by Gasteiger charge is 2.17. The lowest BCUT2D eigenvalue weighted by Gasteiger charge is -2.19. The molecular formula is C21H26ClNO2. The average Bonchev–Trinajstić information content (AvgIpc) is 2.56. The number of methoxy groups -OCH3 is 1. The van der Waals surface area contributed by atoms with Crippen LogP contribution in [0, 0.1) is 0 Å². The predicted octanol–water partition coefficient (Wildman–Crippen LogP) is 5.78. The summed E-state index contributed by atoms with van der Waals surface area (Å²) in [6.45, 7) is 8.62. The minimum atomic E-state index is -0.0596. The van der Waals surface area contributed by atoms with Crippen molar-refractivity contribution in [2.45, 2.75) is 46.0 Å². The molecule has 134 valence electrons. The van der Waals surface area contributed by atoms with E-state index in [1.54, 1.807) is 25.3 Å². The molecule has 3 nitrogen and oxygen atoms in total. The highest BCUT2D eigenvalue weighted by molar-refractivity contribution is 6.30. The first kappa shape index (κ1) is 19.3. The Morgan fingerprint density at radius 3 is 2.20 bits per heavy atom. The van der Waals surface area contributed by atoms with Crippen molar-refractivity contribution < 1.29 is 9.53 Å². The predicted molar refractivity (Wildman–Crippen MR) is 105 cm³/mol. The van der Waals surface area contributed by atoms with Crippen molar-refractivity contribution in [3.05, 3.63) is 58.1 Å². The lowest BCUT2D eigenvalue weighted by Crippen LogP contribution is -2.18. The first-order chi connectivity index (χ1) is 11.8. The van der Waals surface area contributed by atoms with Gasteiger partial charge in [0, 0.05) is 11.1 Å². The number of halogens is 1. The fraction of sp³-hybridized carbons (Fsp3) is 0.381. The third kappa shape index (κ3) is 4.76. The fourth-order valence-corrected chi connectivity index (χ4v) is 3.19. The maximum atomic E-state index is 12.7. The molecule has 0 bridgehead atoms. The molecule has 1 amide bonds. The van der Waals surface area contributed by atoms with Gasteiger partial charge in [0.05, 0.1) is 19.2 Å². The van der Waals surface area contributed by atoms with Crippen LogP contribution in [0.3, 0.4) is 0 Å². The summed E-state index contributed by atoms with van der Waals surface area (Å²) in [6.07, 6.45) is 0.341. The van der Waals surface area contributed by atoms with Gasteiger partial charge in [-0.1, -0.05) is 57.5 Å². The number of amides is 1. The van der Waals surface area contributed by atoms with E-state index >= 15 is 0 Å². The second kappa shape index (κ2) is 8.39. The molecule has 0 fully saturated rings. The van der Waals surface area contributed by atoms with Crippen molar-refractivity contribution in [1.29, 1.82) is 0 Å². The molecule has 1 N–H and O–H groups in total. The number of nitrogens with one attached hydrogen (secondary N) is 1. The minimum absolute atomic E-state index is 0.0596. The van der Waals surface area contributed by atoms with Gasteiger partial charge in [-0.3, -0.25) is 4.79 Å². The molecule has 25 heavy (non-hydrogen) atoms. The van der Waals surface area contributed by atoms with Gasteiger partial charge in [-0.05, 0) is 40.7 Å². The van der Waals surface area contributed by atoms with Gasteiger partial charge in [0.25, 0.3) is 0 Å². The highest BCUT2D eigenvalue weighted by Crippen LogP contribution is 2.30. The van der Waals surface area contributed by atoms with Gasteiger partial charge in [-0.25, -0.2) is 0 Å². The smallest absolute Gasteiger partial charge is 0.228 e. The third-order valence-electron chi connectivity index (χ3n) is 4.27. The summed E-state index contributed by atoms with van der Waals surface area (Å²) >= 11 is 5.98. The van der Waals surface area contributed by atoms with E-state index in [2.05, 4.69) is 51.2 Å². The van der Waals surface area contributed by atoms with E-state index in [4.69, 9.17) is 16.3 Å². The fourth-order valence-electron chi connectivity index (χ4n) is 3.03. The van der Waals surface area contributed by atoms with Crippen molar-refractivity contribution >= 4 is 23.2 Å². The van der Waals surface area contributed by atoms with Crippen molar-refractivity contribution in [3.8, 4) is 5.75 Å². The number of benzene rings is 2. The number of hydrogen-bond donors (Lipinski definition) is 1. The molecule has 0 aromatic heterocycles. The van der Waals surface area contributed by atoms with Crippen LogP contribution in [0.4, 0.5) is 5.69 Å². The van der Waals surface area contributed by atoms with Gasteiger partial charge < -0.3 is 10.1 Å². The highest BCUT2D eigenvalue weighted by atomic mass is 35.5. The number of ether oxygens (including phenoxy) is 1. The number of carbonyl (C=O) groups is 1. The van der Waals surface area contributed by atoms with E-state index in [0.717, 1.165) is 5.56 Å². The molecule has 0 unspecified atom stereocenters. The lowest BCUT2D eigenvalue weighted by atomic mass is 9.87. The van der Waals surface area contributed by atoms with Crippen molar-refractivity contribution in [1.82, 2.24) is 0 Å². The molecule has 2 rings (SSSR count). The molecule has 0 radical (unpaired) electrons. The van der Waals surface area contributed by atoms with E-state index in [1.807, 2.05) is 0 Å². The zero-order valence-electron chi connectivity index (χ0n) is 15.5. The van der Waals surface area contributed by atoms with Crippen LogP contribution >= 0.6 is 11.6 Å². The van der Waals surface area contributed by atoms with E-state index in [-0.39, 0.29) is 5.91 Å². The summed E-state index contributed by atoms with van der Waals surface area (Å²) in [5.74, 6) is 1.23. The summed E-state index contributed by atoms with van der Waals surface area (Å²) in [6, 6.07) is 11.5. The molecule has 0 spiro atoms. The summed E-state index contributed by atoms with van der Waals surface area (Å²) < 4.78 is 5.30. The van der Waals surface area contributed by atoms with Crippen LogP contribution in [-0.4, -0.2) is 13.0 Å². The molecule has 0 aliphatic heterocycles. The molecular weight excluding hydrogens is 334 g/mol. The van der Waals surface area contributed by atoms with E-state index in [9.17, 15) is 4.79 Å². The second-order valence-electron chi connectivity index (χ2n) is 6.79. The van der Waals surface area contributed by atoms with Gasteiger partial charge in [0.2, 0.25) is 5.91 Å². The van der Waals surface area contributed by atoms with Gasteiger partial charge in [-0.15, -0.1) is 0 Å². The molecule has 0 saturated carbocycles. The normalized spacial score (nSPS) is 11.0. The molecule has 0 heterocycles. The summed E-state index contributed by atoms with van der Waals surface area (Å²) in [5.41, 5.74) is 4.21. The largest absolute Gasteiger partial charge is 0.495 e. The van der Waals surface area contributed by atoms with Crippen LogP contribution in [0.2, 0.25) is 5.02 Å². The lowest BCUT2D eigenvalue weighted by molar-refractivity contribution is -0.115. The van der Waals surface area contributed by atoms with Crippen molar-refractivity contribution in [2.75, 3.05) is 12.4 Å². The third-order valence-corrected chi connectivity index (χ3v) is 4.50. The standard InChI is InChI=1S/C21H26ClNO2/c1-13(2)16-7-6-8-17(14(3)4)18(16)12-21(24)23-19-10-9-15(22)11-20(19)25-5/h6-11,13-14H,12H2,1-5H3,(H,23,24). The van der Waals surface area contributed by atoms with E-state index in [0.29, 0.717) is 34.7 Å². The molecule has 0 aliphatic rings. The molecule has 0 atom stereocenters. The van der Waals surface area contributed by atoms with Crippen LogP contribution in [0.1, 0.15) is 56.2 Å². The van der Waals surface area contributed by atoms with Gasteiger partial charge in [-0.2, -0.15) is 0 Å². The minimum Gasteiger partial charge on any atom is -0.495 e. The number of carbonyl (C=O) groups excluding carboxylic acids is 1. The van der Waals surface area contributed by atoms with Crippen LogP contribution in [-0.2, 0) is 11.2 Å². The molecule has 0 saturated heterocycles. The summed E-state index contributed by atoms with van der Waals surface area (Å²) in [5, 5.41) is 3.52. The van der Waals surface area contributed by atoms with Crippen LogP contribution in [0.25, 0.3) is 0 Å². The van der Waals surface area contributed by atoms with E-state index < -0.39 is 0 Å². The monoisotopic (exact) mass is 359 g/mol. The Balaban J connectivity index is 2.29. The Labute approximate surface area is 155 Å². The maximum Gasteiger partial charge on any atom is 0.228 e. The SMILES string of the molecule is COc1cc(Cl)ccc1NC(=O)Cc1c(C(C)C)cccc1C(C)C. The second-order valence-corrected chi connectivity index (χ2v) is 7.23. The Hall–Kier alpha value is -2.00. The summed E-state index contributed by atoms with van der Waals surface area (Å²) in [4.78, 5) is 12.7. The Bertz CT molecular complexity index is 727. The van der Waals surface area contributed by atoms with Crippen LogP contribution < -0.4 is 10.1 Å². The zero-order chi connectivity index (χ0) is 18.6. The quantitative estimate of drug-likeness (QED) is 0.710. The van der Waals surface area contributed by atoms with E-state index in [1.165, 1.54) is 11.1 Å². The Morgan fingerprint density at radius 2 is 1.68 bits per heavy atom. The average molecular weight is 360 g/mol. The van der Waals surface area contributed by atoms with Crippen molar-refractivity contribution in [3.63, 3.8) is 0 Å². The summed E-state index contributed by atoms with van der Waals surface area (Å²) in [7, 11) is 1.56. The maximum absolute atomic E-state index is 12.7. The Kier molecular flexibility index (Phi) is 6.49. The number of hydrogen-bond acceptors (Lipinski definition) is 2. The first-order valence-corrected chi connectivity index (χ1v) is 8.96. The topological polar surface area (TPSA) is 38.3 Å². The molecule has 2 aromatic rings. The zero-order valence-corrected chi connectivity index (χ0v) is 16.3. The first-order valence-electron chi connectivity index (χ1n) is 8.58. The van der Waals surface area contributed by atoms with Crippen LogP contribution in [0.5, 0.6) is 5.75 Å².